The van der Waals surface area contributed by atoms with Gasteiger partial charge in [-0.05, 0) is 42.3 Å². The van der Waals surface area contributed by atoms with Gasteiger partial charge in [0.2, 0.25) is 0 Å². The Morgan fingerprint density at radius 1 is 0.769 bits per heavy atom. The largest absolute Gasteiger partial charge is 0.309 e. The van der Waals surface area contributed by atoms with Crippen molar-refractivity contribution in [1.82, 2.24) is 0 Å². The van der Waals surface area contributed by atoms with E-state index in [1.54, 1.807) is 0 Å². The van der Waals surface area contributed by atoms with E-state index >= 15 is 0 Å². The molecule has 3 aromatic carbocycles. The van der Waals surface area contributed by atoms with Crippen molar-refractivity contribution in [2.75, 3.05) is 4.90 Å². The maximum Gasteiger partial charge on any atom is 0.0647 e. The molecule has 0 amide bonds. The van der Waals surface area contributed by atoms with E-state index in [0.717, 1.165) is 28.5 Å². The molecule has 0 radical (unpaired) electrons. The number of rotatable bonds is 4. The predicted octanol–water partition coefficient (Wildman–Crippen LogP) is 7.11. The summed E-state index contributed by atoms with van der Waals surface area (Å²) in [4.78, 5) is 2.23. The maximum atomic E-state index is 6.55. The van der Waals surface area contributed by atoms with Crippen LogP contribution >= 0.6 is 11.6 Å². The Bertz CT molecular complexity index is 929. The van der Waals surface area contributed by atoms with Crippen molar-refractivity contribution in [3.05, 3.63) is 119 Å². The zero-order chi connectivity index (χ0) is 17.8. The van der Waals surface area contributed by atoms with Crippen LogP contribution in [0.1, 0.15) is 17.9 Å². The first-order valence-corrected chi connectivity index (χ1v) is 9.24. The summed E-state index contributed by atoms with van der Waals surface area (Å²) in [5.41, 5.74) is 4.57. The average Bonchev–Trinajstić information content (AvgIpc) is 2.71. The van der Waals surface area contributed by atoms with E-state index in [-0.39, 0.29) is 0 Å². The molecule has 1 aliphatic rings. The van der Waals surface area contributed by atoms with Crippen molar-refractivity contribution in [2.24, 2.45) is 0 Å². The number of allylic oxidation sites excluding steroid dienone is 3. The fourth-order valence-electron chi connectivity index (χ4n) is 3.38. The lowest BCUT2D eigenvalue weighted by Gasteiger charge is -2.30. The standard InChI is InChI=1S/C24H20ClN/c25-23-16-7-8-17-24(23)26(21-13-5-2-6-14-21)22-15-9-12-20(18-22)19-10-3-1-4-11-19/h1-11,13-18,20H,12H2. The molecule has 0 fully saturated rings. The number of anilines is 2. The van der Waals surface area contributed by atoms with E-state index in [2.05, 4.69) is 83.8 Å². The number of hydrogen-bond acceptors (Lipinski definition) is 1. The second-order valence-electron chi connectivity index (χ2n) is 6.37. The summed E-state index contributed by atoms with van der Waals surface area (Å²) in [5, 5.41) is 0.743. The van der Waals surface area contributed by atoms with Crippen LogP contribution in [0.2, 0.25) is 5.02 Å². The van der Waals surface area contributed by atoms with Crippen LogP contribution in [0.5, 0.6) is 0 Å². The second kappa shape index (κ2) is 7.63. The van der Waals surface area contributed by atoms with Crippen molar-refractivity contribution in [3.8, 4) is 0 Å². The average molecular weight is 358 g/mol. The van der Waals surface area contributed by atoms with Gasteiger partial charge in [-0.25, -0.2) is 0 Å². The van der Waals surface area contributed by atoms with Gasteiger partial charge in [0.15, 0.2) is 0 Å². The van der Waals surface area contributed by atoms with E-state index in [1.807, 2.05) is 24.3 Å². The Hall–Kier alpha value is -2.77. The smallest absolute Gasteiger partial charge is 0.0647 e. The highest BCUT2D eigenvalue weighted by atomic mass is 35.5. The summed E-state index contributed by atoms with van der Waals surface area (Å²) in [6.45, 7) is 0. The molecule has 0 spiro atoms. The monoisotopic (exact) mass is 357 g/mol. The molecule has 128 valence electrons. The molecular formula is C24H20ClN. The van der Waals surface area contributed by atoms with Crippen LogP contribution in [0, 0.1) is 0 Å². The third-order valence-corrected chi connectivity index (χ3v) is 4.96. The Labute approximate surface area is 159 Å². The first kappa shape index (κ1) is 16.7. The van der Waals surface area contributed by atoms with Crippen molar-refractivity contribution in [1.29, 1.82) is 0 Å². The van der Waals surface area contributed by atoms with Gasteiger partial charge in [-0.2, -0.15) is 0 Å². The zero-order valence-electron chi connectivity index (χ0n) is 14.4. The molecule has 0 heterocycles. The van der Waals surface area contributed by atoms with E-state index in [9.17, 15) is 0 Å². The predicted molar refractivity (Wildman–Crippen MR) is 111 cm³/mol. The first-order chi connectivity index (χ1) is 12.8. The van der Waals surface area contributed by atoms with E-state index < -0.39 is 0 Å². The van der Waals surface area contributed by atoms with Gasteiger partial charge in [0.25, 0.3) is 0 Å². The van der Waals surface area contributed by atoms with Gasteiger partial charge in [-0.1, -0.05) is 84.4 Å². The number of nitrogens with zero attached hydrogens (tertiary/aromatic N) is 1. The lowest BCUT2D eigenvalue weighted by molar-refractivity contribution is 0.837. The molecule has 1 aliphatic carbocycles. The SMILES string of the molecule is Clc1ccccc1N(C1=CC(c2ccccc2)CC=C1)c1ccccc1. The third kappa shape index (κ3) is 3.44. The molecule has 1 atom stereocenters. The Morgan fingerprint density at radius 2 is 1.42 bits per heavy atom. The highest BCUT2D eigenvalue weighted by Crippen LogP contribution is 2.38. The molecule has 0 N–H and O–H groups in total. The molecule has 0 saturated heterocycles. The van der Waals surface area contributed by atoms with Crippen molar-refractivity contribution < 1.29 is 0 Å². The summed E-state index contributed by atoms with van der Waals surface area (Å²) in [6.07, 6.45) is 7.79. The van der Waals surface area contributed by atoms with Gasteiger partial charge in [0, 0.05) is 17.3 Å². The van der Waals surface area contributed by atoms with E-state index in [0.29, 0.717) is 5.92 Å². The Balaban J connectivity index is 1.80. The van der Waals surface area contributed by atoms with Gasteiger partial charge >= 0.3 is 0 Å². The van der Waals surface area contributed by atoms with Crippen molar-refractivity contribution in [2.45, 2.75) is 12.3 Å². The van der Waals surface area contributed by atoms with Crippen LogP contribution < -0.4 is 4.90 Å². The molecule has 1 nitrogen and oxygen atoms in total. The Morgan fingerprint density at radius 3 is 2.15 bits per heavy atom. The van der Waals surface area contributed by atoms with Gasteiger partial charge < -0.3 is 4.90 Å². The van der Waals surface area contributed by atoms with Crippen LogP contribution in [0.25, 0.3) is 0 Å². The summed E-state index contributed by atoms with van der Waals surface area (Å²) in [6, 6.07) is 29.0. The van der Waals surface area contributed by atoms with Crippen molar-refractivity contribution >= 4 is 23.0 Å². The second-order valence-corrected chi connectivity index (χ2v) is 6.78. The lowest BCUT2D eigenvalue weighted by atomic mass is 9.91. The number of para-hydroxylation sites is 2. The zero-order valence-corrected chi connectivity index (χ0v) is 15.2. The molecule has 0 aromatic heterocycles. The van der Waals surface area contributed by atoms with Crippen LogP contribution in [0.4, 0.5) is 11.4 Å². The lowest BCUT2D eigenvalue weighted by Crippen LogP contribution is -2.18. The molecule has 0 bridgehead atoms. The number of hydrogen-bond donors (Lipinski definition) is 0. The summed E-state index contributed by atoms with van der Waals surface area (Å²) in [5.74, 6) is 0.366. The number of benzene rings is 3. The maximum absolute atomic E-state index is 6.55. The number of halogens is 1. The minimum atomic E-state index is 0.366. The molecule has 0 saturated carbocycles. The van der Waals surface area contributed by atoms with Gasteiger partial charge in [0.05, 0.1) is 10.7 Å². The van der Waals surface area contributed by atoms with Gasteiger partial charge in [-0.15, -0.1) is 0 Å². The molecule has 0 aliphatic heterocycles. The normalized spacial score (nSPS) is 16.2. The Kier molecular flexibility index (Phi) is 4.90. The van der Waals surface area contributed by atoms with Crippen LogP contribution in [-0.2, 0) is 0 Å². The molecule has 3 aromatic rings. The minimum absolute atomic E-state index is 0.366. The molecule has 1 unspecified atom stereocenters. The van der Waals surface area contributed by atoms with Crippen LogP contribution in [0.3, 0.4) is 0 Å². The third-order valence-electron chi connectivity index (χ3n) is 4.64. The summed E-state index contributed by atoms with van der Waals surface area (Å²) >= 11 is 6.55. The molecular weight excluding hydrogens is 338 g/mol. The fraction of sp³-hybridized carbons (Fsp3) is 0.0833. The molecule has 26 heavy (non-hydrogen) atoms. The highest BCUT2D eigenvalue weighted by Gasteiger charge is 2.19. The topological polar surface area (TPSA) is 3.24 Å². The minimum Gasteiger partial charge on any atom is -0.309 e. The summed E-state index contributed by atoms with van der Waals surface area (Å²) in [7, 11) is 0. The van der Waals surface area contributed by atoms with Crippen LogP contribution in [-0.4, -0.2) is 0 Å². The molecule has 2 heteroatoms. The quantitative estimate of drug-likeness (QED) is 0.481. The van der Waals surface area contributed by atoms with E-state index in [4.69, 9.17) is 11.6 Å². The summed E-state index contributed by atoms with van der Waals surface area (Å²) < 4.78 is 0. The molecule has 4 rings (SSSR count). The fourth-order valence-corrected chi connectivity index (χ4v) is 3.60. The van der Waals surface area contributed by atoms with E-state index in [1.165, 1.54) is 5.56 Å². The van der Waals surface area contributed by atoms with Crippen molar-refractivity contribution in [3.63, 3.8) is 0 Å². The first-order valence-electron chi connectivity index (χ1n) is 8.86. The van der Waals surface area contributed by atoms with Crippen LogP contribution in [0.15, 0.2) is 109 Å². The van der Waals surface area contributed by atoms with Gasteiger partial charge in [0.1, 0.15) is 0 Å². The van der Waals surface area contributed by atoms with Gasteiger partial charge in [-0.3, -0.25) is 0 Å². The highest BCUT2D eigenvalue weighted by molar-refractivity contribution is 6.33.